The molecule has 1 amide bonds. The zero-order chi connectivity index (χ0) is 26.7. The van der Waals surface area contributed by atoms with E-state index in [-0.39, 0.29) is 10.7 Å². The molecule has 0 saturated carbocycles. The molecule has 4 aromatic carbocycles. The molecule has 0 fully saturated rings. The van der Waals surface area contributed by atoms with E-state index in [2.05, 4.69) is 5.32 Å². The molecule has 6 N–H and O–H groups in total. The Morgan fingerprint density at radius 1 is 0.946 bits per heavy atom. The number of benzene rings is 4. The maximum absolute atomic E-state index is 13.1. The van der Waals surface area contributed by atoms with Crippen LogP contribution >= 0.6 is 11.6 Å². The van der Waals surface area contributed by atoms with Crippen molar-refractivity contribution < 1.29 is 17.9 Å². The molecule has 4 aromatic rings. The number of primary sulfonamides is 1. The fraction of sp³-hybridized carbons (Fsp3) is 0.0370. The van der Waals surface area contributed by atoms with Crippen molar-refractivity contribution in [2.24, 2.45) is 10.9 Å². The molecular weight excluding hydrogens is 512 g/mol. The van der Waals surface area contributed by atoms with Crippen LogP contribution in [-0.4, -0.2) is 20.2 Å². The van der Waals surface area contributed by atoms with Crippen LogP contribution in [0.25, 0.3) is 11.1 Å². The van der Waals surface area contributed by atoms with Crippen LogP contribution in [0.15, 0.2) is 89.8 Å². The Bertz CT molecular complexity index is 1620. The second kappa shape index (κ2) is 10.4. The maximum atomic E-state index is 13.1. The highest BCUT2D eigenvalue weighted by atomic mass is 35.5. The second-order valence-electron chi connectivity index (χ2n) is 8.21. The lowest BCUT2D eigenvalue weighted by molar-refractivity contribution is 0.102. The van der Waals surface area contributed by atoms with E-state index in [1.807, 2.05) is 0 Å². The van der Waals surface area contributed by atoms with Crippen LogP contribution in [-0.2, 0) is 10.0 Å². The molecule has 188 valence electrons. The smallest absolute Gasteiger partial charge is 0.255 e. The van der Waals surface area contributed by atoms with Gasteiger partial charge in [0.1, 0.15) is 11.6 Å². The Morgan fingerprint density at radius 2 is 1.65 bits per heavy atom. The summed E-state index contributed by atoms with van der Waals surface area (Å²) in [5.41, 5.74) is 8.56. The summed E-state index contributed by atoms with van der Waals surface area (Å²) in [6.45, 7) is 1.80. The standard InChI is InChI=1S/C27H23ClN4O4S/c1-16-13-23(24(15-22(16)28)36-20-6-4-5-19(14-20)26(29)30)32-27(33)18-11-9-17(10-12-18)21-7-2-3-8-25(21)37(31,34)35/h2-15H,1H3,(H3,29,30)(H,32,33)(H2,31,34,35). The summed E-state index contributed by atoms with van der Waals surface area (Å²) >= 11 is 6.31. The Hall–Kier alpha value is -4.18. The Kier molecular flexibility index (Phi) is 7.30. The lowest BCUT2D eigenvalue weighted by Crippen LogP contribution is -2.14. The van der Waals surface area contributed by atoms with E-state index in [9.17, 15) is 13.2 Å². The Balaban J connectivity index is 1.61. The van der Waals surface area contributed by atoms with Crippen molar-refractivity contribution in [3.8, 4) is 22.6 Å². The topological polar surface area (TPSA) is 148 Å². The van der Waals surface area contributed by atoms with E-state index in [1.54, 1.807) is 85.8 Å². The summed E-state index contributed by atoms with van der Waals surface area (Å²) in [7, 11) is -3.92. The fourth-order valence-corrected chi connectivity index (χ4v) is 4.56. The quantitative estimate of drug-likeness (QED) is 0.188. The van der Waals surface area contributed by atoms with Crippen LogP contribution in [0.2, 0.25) is 5.02 Å². The van der Waals surface area contributed by atoms with Crippen molar-refractivity contribution in [3.05, 3.63) is 107 Å². The molecule has 0 saturated heterocycles. The lowest BCUT2D eigenvalue weighted by atomic mass is 10.0. The molecule has 0 unspecified atom stereocenters. The fourth-order valence-electron chi connectivity index (χ4n) is 3.65. The van der Waals surface area contributed by atoms with Crippen molar-refractivity contribution >= 4 is 39.1 Å². The number of nitrogens with one attached hydrogen (secondary N) is 2. The van der Waals surface area contributed by atoms with E-state index < -0.39 is 15.9 Å². The van der Waals surface area contributed by atoms with Gasteiger partial charge in [0.25, 0.3) is 5.91 Å². The monoisotopic (exact) mass is 534 g/mol. The predicted octanol–water partition coefficient (Wildman–Crippen LogP) is 5.29. The number of amidine groups is 1. The van der Waals surface area contributed by atoms with Crippen molar-refractivity contribution in [2.75, 3.05) is 5.32 Å². The molecule has 0 bridgehead atoms. The van der Waals surface area contributed by atoms with Gasteiger partial charge < -0.3 is 15.8 Å². The van der Waals surface area contributed by atoms with Crippen LogP contribution in [0.1, 0.15) is 21.5 Å². The number of hydrogen-bond donors (Lipinski definition) is 4. The van der Waals surface area contributed by atoms with Gasteiger partial charge in [0.15, 0.2) is 5.75 Å². The molecule has 10 heteroatoms. The zero-order valence-electron chi connectivity index (χ0n) is 19.7. The first kappa shape index (κ1) is 25.9. The number of hydrogen-bond acceptors (Lipinski definition) is 5. The Morgan fingerprint density at radius 3 is 2.32 bits per heavy atom. The van der Waals surface area contributed by atoms with E-state index in [0.29, 0.717) is 44.5 Å². The van der Waals surface area contributed by atoms with Gasteiger partial charge >= 0.3 is 0 Å². The lowest BCUT2D eigenvalue weighted by Gasteiger charge is -2.15. The molecule has 0 heterocycles. The van der Waals surface area contributed by atoms with Crippen LogP contribution in [0.5, 0.6) is 11.5 Å². The van der Waals surface area contributed by atoms with E-state index >= 15 is 0 Å². The largest absolute Gasteiger partial charge is 0.455 e. The average Bonchev–Trinajstić information content (AvgIpc) is 2.86. The molecule has 4 rings (SSSR count). The molecule has 0 aromatic heterocycles. The zero-order valence-corrected chi connectivity index (χ0v) is 21.2. The van der Waals surface area contributed by atoms with Crippen LogP contribution < -0.4 is 20.9 Å². The van der Waals surface area contributed by atoms with Gasteiger partial charge in [-0.2, -0.15) is 0 Å². The summed E-state index contributed by atoms with van der Waals surface area (Å²) in [6, 6.07) is 22.8. The third-order valence-electron chi connectivity index (χ3n) is 5.53. The molecule has 0 spiro atoms. The number of anilines is 1. The summed E-state index contributed by atoms with van der Waals surface area (Å²) in [6.07, 6.45) is 0. The molecule has 0 atom stereocenters. The molecule has 0 radical (unpaired) electrons. The number of amides is 1. The number of ether oxygens (including phenoxy) is 1. The van der Waals surface area contributed by atoms with Gasteiger partial charge in [-0.05, 0) is 54.4 Å². The highest BCUT2D eigenvalue weighted by Gasteiger charge is 2.17. The third-order valence-corrected chi connectivity index (χ3v) is 6.91. The Labute approximate surface area is 219 Å². The van der Waals surface area contributed by atoms with Gasteiger partial charge in [0.2, 0.25) is 10.0 Å². The highest BCUT2D eigenvalue weighted by Crippen LogP contribution is 2.35. The molecule has 0 aliphatic heterocycles. The average molecular weight is 535 g/mol. The van der Waals surface area contributed by atoms with Crippen molar-refractivity contribution in [1.29, 1.82) is 5.41 Å². The number of rotatable bonds is 7. The van der Waals surface area contributed by atoms with Crippen LogP contribution in [0.3, 0.4) is 0 Å². The number of aryl methyl sites for hydroxylation is 1. The molecular formula is C27H23ClN4O4S. The maximum Gasteiger partial charge on any atom is 0.255 e. The summed E-state index contributed by atoms with van der Waals surface area (Å²) in [5, 5.41) is 16.3. The van der Waals surface area contributed by atoms with Gasteiger partial charge in [-0.25, -0.2) is 13.6 Å². The number of halogens is 1. The number of carbonyl (C=O) groups is 1. The predicted molar refractivity (Wildman–Crippen MR) is 145 cm³/mol. The number of nitrogen functional groups attached to an aromatic ring is 1. The van der Waals surface area contributed by atoms with Crippen molar-refractivity contribution in [3.63, 3.8) is 0 Å². The minimum atomic E-state index is -3.92. The van der Waals surface area contributed by atoms with Crippen molar-refractivity contribution in [2.45, 2.75) is 11.8 Å². The second-order valence-corrected chi connectivity index (χ2v) is 10.2. The van der Waals surface area contributed by atoms with Crippen molar-refractivity contribution in [1.82, 2.24) is 0 Å². The highest BCUT2D eigenvalue weighted by molar-refractivity contribution is 7.89. The van der Waals surface area contributed by atoms with Gasteiger partial charge in [0.05, 0.1) is 10.6 Å². The van der Waals surface area contributed by atoms with E-state index in [4.69, 9.17) is 32.6 Å². The minimum Gasteiger partial charge on any atom is -0.455 e. The molecule has 0 aliphatic rings. The first-order valence-electron chi connectivity index (χ1n) is 11.0. The molecule has 37 heavy (non-hydrogen) atoms. The normalized spacial score (nSPS) is 11.1. The number of carbonyl (C=O) groups excluding carboxylic acids is 1. The van der Waals surface area contributed by atoms with Gasteiger partial charge in [-0.15, -0.1) is 0 Å². The van der Waals surface area contributed by atoms with Gasteiger partial charge in [0, 0.05) is 27.8 Å². The number of nitrogens with two attached hydrogens (primary N) is 2. The third kappa shape index (κ3) is 5.97. The van der Waals surface area contributed by atoms with Gasteiger partial charge in [-0.1, -0.05) is 54.1 Å². The van der Waals surface area contributed by atoms with E-state index in [1.165, 1.54) is 6.07 Å². The summed E-state index contributed by atoms with van der Waals surface area (Å²) < 4.78 is 29.9. The number of sulfonamides is 1. The van der Waals surface area contributed by atoms with Crippen LogP contribution in [0.4, 0.5) is 5.69 Å². The van der Waals surface area contributed by atoms with Crippen LogP contribution in [0, 0.1) is 12.3 Å². The summed E-state index contributed by atoms with van der Waals surface area (Å²) in [4.78, 5) is 13.1. The molecule has 8 nitrogen and oxygen atoms in total. The molecule has 0 aliphatic carbocycles. The summed E-state index contributed by atoms with van der Waals surface area (Å²) in [5.74, 6) is 0.218. The van der Waals surface area contributed by atoms with E-state index in [0.717, 1.165) is 5.56 Å². The van der Waals surface area contributed by atoms with Gasteiger partial charge in [-0.3, -0.25) is 10.2 Å². The minimum absolute atomic E-state index is 0.000487. The first-order chi connectivity index (χ1) is 17.5. The first-order valence-corrected chi connectivity index (χ1v) is 12.9. The SMILES string of the molecule is Cc1cc(NC(=O)c2ccc(-c3ccccc3S(N)(=O)=O)cc2)c(Oc2cccc(C(=N)N)c2)cc1Cl.